The number of hydrogen-bond acceptors (Lipinski definition) is 8. The summed E-state index contributed by atoms with van der Waals surface area (Å²) in [5.74, 6) is 0.757. The van der Waals surface area contributed by atoms with Crippen molar-refractivity contribution in [3.63, 3.8) is 0 Å². The molecule has 2 aromatic heterocycles. The van der Waals surface area contributed by atoms with E-state index in [1.165, 1.54) is 30.2 Å². The van der Waals surface area contributed by atoms with Gasteiger partial charge >= 0.3 is 0 Å². The summed E-state index contributed by atoms with van der Waals surface area (Å²) in [6.45, 7) is 0.0476. The van der Waals surface area contributed by atoms with E-state index in [1.807, 2.05) is 11.4 Å². The molecule has 0 aliphatic rings. The second kappa shape index (κ2) is 7.56. The molecular formula is C15H13N3O4S2. The molecule has 1 N–H and O–H groups in total. The Morgan fingerprint density at radius 3 is 3.08 bits per heavy atom. The number of rotatable bonds is 7. The SMILES string of the molecule is O=[N+]([O-])c1cccc(OC[C@H](O)CSc2ncnc3sccc23)c1. The Morgan fingerprint density at radius 1 is 1.38 bits per heavy atom. The van der Waals surface area contributed by atoms with Gasteiger partial charge in [0.1, 0.15) is 28.5 Å². The van der Waals surface area contributed by atoms with E-state index in [4.69, 9.17) is 4.74 Å². The smallest absolute Gasteiger partial charge is 0.273 e. The van der Waals surface area contributed by atoms with Gasteiger partial charge < -0.3 is 9.84 Å². The van der Waals surface area contributed by atoms with Gasteiger partial charge in [-0.15, -0.1) is 23.1 Å². The van der Waals surface area contributed by atoms with Gasteiger partial charge in [0.05, 0.1) is 17.1 Å². The van der Waals surface area contributed by atoms with Crippen LogP contribution in [0.2, 0.25) is 0 Å². The highest BCUT2D eigenvalue weighted by Crippen LogP contribution is 2.28. The molecule has 9 heteroatoms. The van der Waals surface area contributed by atoms with Crippen LogP contribution in [0.5, 0.6) is 5.75 Å². The van der Waals surface area contributed by atoms with E-state index >= 15 is 0 Å². The fourth-order valence-electron chi connectivity index (χ4n) is 1.98. The highest BCUT2D eigenvalue weighted by atomic mass is 32.2. The Kier molecular flexibility index (Phi) is 5.24. The molecule has 1 aromatic carbocycles. The molecule has 2 heterocycles. The summed E-state index contributed by atoms with van der Waals surface area (Å²) in [5, 5.41) is 24.5. The van der Waals surface area contributed by atoms with Gasteiger partial charge in [0.15, 0.2) is 0 Å². The first kappa shape index (κ1) is 16.6. The van der Waals surface area contributed by atoms with Crippen molar-refractivity contribution in [2.24, 2.45) is 0 Å². The fourth-order valence-corrected chi connectivity index (χ4v) is 3.67. The summed E-state index contributed by atoms with van der Waals surface area (Å²) < 4.78 is 5.42. The number of fused-ring (bicyclic) bond motifs is 1. The van der Waals surface area contributed by atoms with Crippen molar-refractivity contribution >= 4 is 39.0 Å². The predicted octanol–water partition coefficient (Wildman–Crippen LogP) is 3.13. The van der Waals surface area contributed by atoms with Gasteiger partial charge in [0.2, 0.25) is 0 Å². The first-order valence-electron chi connectivity index (χ1n) is 7.00. The molecule has 0 saturated carbocycles. The van der Waals surface area contributed by atoms with Gasteiger partial charge in [-0.2, -0.15) is 0 Å². The van der Waals surface area contributed by atoms with Crippen LogP contribution < -0.4 is 4.74 Å². The maximum atomic E-state index is 10.7. The molecule has 3 aromatic rings. The number of ether oxygens (including phenoxy) is 1. The van der Waals surface area contributed by atoms with E-state index in [2.05, 4.69) is 9.97 Å². The van der Waals surface area contributed by atoms with E-state index < -0.39 is 11.0 Å². The lowest BCUT2D eigenvalue weighted by molar-refractivity contribution is -0.384. The normalized spacial score (nSPS) is 12.2. The Balaban J connectivity index is 1.54. The lowest BCUT2D eigenvalue weighted by atomic mass is 10.3. The Morgan fingerprint density at radius 2 is 2.25 bits per heavy atom. The number of non-ortho nitro benzene ring substituents is 1. The maximum Gasteiger partial charge on any atom is 0.273 e. The highest BCUT2D eigenvalue weighted by molar-refractivity contribution is 7.99. The van der Waals surface area contributed by atoms with Crippen molar-refractivity contribution in [2.75, 3.05) is 12.4 Å². The molecule has 0 aliphatic heterocycles. The number of benzene rings is 1. The lowest BCUT2D eigenvalue weighted by Crippen LogP contribution is -2.20. The van der Waals surface area contributed by atoms with Crippen molar-refractivity contribution in [1.29, 1.82) is 0 Å². The van der Waals surface area contributed by atoms with Crippen LogP contribution in [0.3, 0.4) is 0 Å². The van der Waals surface area contributed by atoms with Crippen LogP contribution in [-0.4, -0.2) is 38.5 Å². The molecule has 0 amide bonds. The predicted molar refractivity (Wildman–Crippen MR) is 92.7 cm³/mol. The van der Waals surface area contributed by atoms with Crippen LogP contribution >= 0.6 is 23.1 Å². The third-order valence-corrected chi connectivity index (χ3v) is 5.08. The third-order valence-electron chi connectivity index (χ3n) is 3.11. The number of aromatic nitrogens is 2. The molecule has 0 spiro atoms. The molecule has 24 heavy (non-hydrogen) atoms. The lowest BCUT2D eigenvalue weighted by Gasteiger charge is -2.12. The minimum absolute atomic E-state index is 0.0443. The average Bonchev–Trinajstić information content (AvgIpc) is 3.07. The summed E-state index contributed by atoms with van der Waals surface area (Å²) in [6.07, 6.45) is 0.783. The monoisotopic (exact) mass is 363 g/mol. The van der Waals surface area contributed by atoms with Crippen LogP contribution in [-0.2, 0) is 0 Å². The number of nitro benzene ring substituents is 1. The van der Waals surface area contributed by atoms with Crippen molar-refractivity contribution < 1.29 is 14.8 Å². The Bertz CT molecular complexity index is 855. The van der Waals surface area contributed by atoms with Crippen LogP contribution in [0.15, 0.2) is 47.1 Å². The molecule has 0 radical (unpaired) electrons. The van der Waals surface area contributed by atoms with Crippen LogP contribution in [0.1, 0.15) is 0 Å². The molecule has 1 atom stereocenters. The Labute approximate surface area is 145 Å². The number of thiophene rings is 1. The summed E-state index contributed by atoms with van der Waals surface area (Å²) >= 11 is 2.96. The first-order valence-corrected chi connectivity index (χ1v) is 8.86. The number of nitrogens with zero attached hydrogens (tertiary/aromatic N) is 3. The zero-order chi connectivity index (χ0) is 16.9. The molecular weight excluding hydrogens is 350 g/mol. The number of aliphatic hydroxyl groups is 1. The second-order valence-electron chi connectivity index (χ2n) is 4.85. The van der Waals surface area contributed by atoms with Crippen molar-refractivity contribution in [1.82, 2.24) is 9.97 Å². The molecule has 0 saturated heterocycles. The quantitative estimate of drug-likeness (QED) is 0.298. The van der Waals surface area contributed by atoms with Crippen LogP contribution in [0, 0.1) is 10.1 Å². The molecule has 0 aliphatic carbocycles. The standard InChI is InChI=1S/C15H13N3O4S2/c19-11(7-22-12-3-1-2-10(6-12)18(20)21)8-24-15-13-4-5-23-14(13)16-9-17-15/h1-6,9,11,19H,7-8H2/t11-/m0/s1. The zero-order valence-corrected chi connectivity index (χ0v) is 14.0. The molecule has 0 unspecified atom stereocenters. The summed E-state index contributed by atoms with van der Waals surface area (Å²) in [6, 6.07) is 7.84. The topological polar surface area (TPSA) is 98.4 Å². The summed E-state index contributed by atoms with van der Waals surface area (Å²) in [4.78, 5) is 19.6. The number of hydrogen-bond donors (Lipinski definition) is 1. The van der Waals surface area contributed by atoms with Crippen molar-refractivity contribution in [3.8, 4) is 5.75 Å². The van der Waals surface area contributed by atoms with Gasteiger partial charge in [-0.25, -0.2) is 9.97 Å². The molecule has 0 fully saturated rings. The number of nitro groups is 1. The van der Waals surface area contributed by atoms with Crippen LogP contribution in [0.4, 0.5) is 5.69 Å². The third kappa shape index (κ3) is 3.99. The largest absolute Gasteiger partial charge is 0.491 e. The number of thioether (sulfide) groups is 1. The number of aliphatic hydroxyl groups excluding tert-OH is 1. The van der Waals surface area contributed by atoms with Crippen molar-refractivity contribution in [3.05, 3.63) is 52.2 Å². The van der Waals surface area contributed by atoms with E-state index in [0.29, 0.717) is 11.5 Å². The minimum atomic E-state index is -0.724. The molecule has 3 rings (SSSR count). The highest BCUT2D eigenvalue weighted by Gasteiger charge is 2.12. The minimum Gasteiger partial charge on any atom is -0.491 e. The van der Waals surface area contributed by atoms with Gasteiger partial charge in [0.25, 0.3) is 5.69 Å². The molecule has 124 valence electrons. The van der Waals surface area contributed by atoms with Gasteiger partial charge in [-0.3, -0.25) is 10.1 Å². The van der Waals surface area contributed by atoms with Gasteiger partial charge in [-0.1, -0.05) is 6.07 Å². The van der Waals surface area contributed by atoms with E-state index in [1.54, 1.807) is 23.5 Å². The zero-order valence-electron chi connectivity index (χ0n) is 12.4. The average molecular weight is 363 g/mol. The second-order valence-corrected chi connectivity index (χ2v) is 6.75. The first-order chi connectivity index (χ1) is 11.6. The van der Waals surface area contributed by atoms with Crippen LogP contribution in [0.25, 0.3) is 10.2 Å². The summed E-state index contributed by atoms with van der Waals surface area (Å²) in [7, 11) is 0. The molecule has 0 bridgehead atoms. The van der Waals surface area contributed by atoms with Crippen molar-refractivity contribution in [2.45, 2.75) is 11.1 Å². The van der Waals surface area contributed by atoms with Gasteiger partial charge in [0, 0.05) is 17.2 Å². The van der Waals surface area contributed by atoms with E-state index in [-0.39, 0.29) is 12.3 Å². The van der Waals surface area contributed by atoms with Gasteiger partial charge in [-0.05, 0) is 17.5 Å². The fraction of sp³-hybridized carbons (Fsp3) is 0.200. The summed E-state index contributed by atoms with van der Waals surface area (Å²) in [5.41, 5.74) is -0.0443. The molecule has 7 nitrogen and oxygen atoms in total. The Hall–Kier alpha value is -2.23. The maximum absolute atomic E-state index is 10.7. The van der Waals surface area contributed by atoms with E-state index in [0.717, 1.165) is 15.2 Å². The van der Waals surface area contributed by atoms with E-state index in [9.17, 15) is 15.2 Å².